The zero-order valence-electron chi connectivity index (χ0n) is 9.46. The Balaban J connectivity index is 2.16. The maximum absolute atomic E-state index is 9.40. The topological polar surface area (TPSA) is 32.3 Å². The Bertz CT molecular complexity index is 348. The van der Waals surface area contributed by atoms with Gasteiger partial charge in [-0.15, -0.1) is 0 Å². The minimum Gasteiger partial charge on any atom is -0.508 e. The van der Waals surface area contributed by atoms with Crippen LogP contribution in [0.4, 0.5) is 0 Å². The molecule has 0 saturated carbocycles. The van der Waals surface area contributed by atoms with Crippen LogP contribution in [0.1, 0.15) is 24.5 Å². The van der Waals surface area contributed by atoms with Crippen molar-refractivity contribution in [3.8, 4) is 5.75 Å². The van der Waals surface area contributed by atoms with E-state index in [0.29, 0.717) is 11.8 Å². The highest BCUT2D eigenvalue weighted by Crippen LogP contribution is 2.29. The Hall–Kier alpha value is -1.02. The molecule has 0 aliphatic heterocycles. The van der Waals surface area contributed by atoms with Crippen LogP contribution in [0.2, 0.25) is 0 Å². The minimum atomic E-state index is 0.397. The van der Waals surface area contributed by atoms with Crippen LogP contribution >= 0.6 is 0 Å². The van der Waals surface area contributed by atoms with E-state index in [9.17, 15) is 5.11 Å². The predicted molar refractivity (Wildman–Crippen MR) is 62.1 cm³/mol. The van der Waals surface area contributed by atoms with Crippen molar-refractivity contribution in [3.05, 3.63) is 29.3 Å². The lowest BCUT2D eigenvalue weighted by Crippen LogP contribution is -2.34. The third kappa shape index (κ3) is 2.15. The molecule has 0 spiro atoms. The predicted octanol–water partition coefficient (Wildman–Crippen LogP) is 2.10. The summed E-state index contributed by atoms with van der Waals surface area (Å²) < 4.78 is 0. The molecule has 82 valence electrons. The summed E-state index contributed by atoms with van der Waals surface area (Å²) in [6.07, 6.45) is 3.45. The van der Waals surface area contributed by atoms with Crippen molar-refractivity contribution >= 4 is 0 Å². The van der Waals surface area contributed by atoms with E-state index in [0.717, 1.165) is 18.8 Å². The van der Waals surface area contributed by atoms with E-state index in [2.05, 4.69) is 18.3 Å². The molecule has 2 heteroatoms. The Morgan fingerprint density at radius 1 is 1.40 bits per heavy atom. The third-order valence-corrected chi connectivity index (χ3v) is 3.62. The van der Waals surface area contributed by atoms with Gasteiger partial charge in [0, 0.05) is 6.04 Å². The Labute approximate surface area is 91.3 Å². The number of aromatic hydroxyl groups is 1. The summed E-state index contributed by atoms with van der Waals surface area (Å²) in [5.41, 5.74) is 2.74. The number of nitrogens with one attached hydrogen (secondary N) is 1. The fourth-order valence-corrected chi connectivity index (χ4v) is 2.43. The van der Waals surface area contributed by atoms with Crippen molar-refractivity contribution in [2.45, 2.75) is 32.2 Å². The molecule has 1 aliphatic rings. The average molecular weight is 205 g/mol. The number of hydrogen-bond acceptors (Lipinski definition) is 2. The first kappa shape index (κ1) is 10.5. The maximum Gasteiger partial charge on any atom is 0.115 e. The van der Waals surface area contributed by atoms with Gasteiger partial charge in [0.15, 0.2) is 0 Å². The van der Waals surface area contributed by atoms with Crippen molar-refractivity contribution in [1.29, 1.82) is 0 Å². The average Bonchev–Trinajstić information content (AvgIpc) is 2.27. The Morgan fingerprint density at radius 2 is 2.20 bits per heavy atom. The molecule has 0 fully saturated rings. The van der Waals surface area contributed by atoms with Crippen LogP contribution in [-0.4, -0.2) is 18.2 Å². The molecule has 2 nitrogen and oxygen atoms in total. The summed E-state index contributed by atoms with van der Waals surface area (Å²) in [4.78, 5) is 0. The van der Waals surface area contributed by atoms with Crippen molar-refractivity contribution in [1.82, 2.24) is 5.32 Å². The second kappa shape index (κ2) is 4.23. The summed E-state index contributed by atoms with van der Waals surface area (Å²) in [6.45, 7) is 2.25. The highest BCUT2D eigenvalue weighted by molar-refractivity contribution is 5.36. The standard InChI is InChI=1S/C13H19NO/c1-9(14-2)10-3-4-12-8-13(15)6-5-11(12)7-10/h5-6,8-10,14-15H,3-4,7H2,1-2H3. The molecule has 0 radical (unpaired) electrons. The second-order valence-electron chi connectivity index (χ2n) is 4.53. The zero-order chi connectivity index (χ0) is 10.8. The van der Waals surface area contributed by atoms with Gasteiger partial charge in [-0.25, -0.2) is 0 Å². The maximum atomic E-state index is 9.40. The van der Waals surface area contributed by atoms with E-state index in [1.54, 1.807) is 6.07 Å². The van der Waals surface area contributed by atoms with Crippen molar-refractivity contribution in [3.63, 3.8) is 0 Å². The van der Waals surface area contributed by atoms with Crippen molar-refractivity contribution in [2.24, 2.45) is 5.92 Å². The molecule has 1 aliphatic carbocycles. The van der Waals surface area contributed by atoms with E-state index in [-0.39, 0.29) is 0 Å². The number of hydrogen-bond donors (Lipinski definition) is 2. The molecule has 1 aromatic carbocycles. The molecule has 0 bridgehead atoms. The third-order valence-electron chi connectivity index (χ3n) is 3.62. The molecule has 2 N–H and O–H groups in total. The molecule has 2 rings (SSSR count). The van der Waals surface area contributed by atoms with Crippen LogP contribution in [0, 0.1) is 5.92 Å². The highest BCUT2D eigenvalue weighted by Gasteiger charge is 2.22. The van der Waals surface area contributed by atoms with Crippen LogP contribution in [0.3, 0.4) is 0 Å². The van der Waals surface area contributed by atoms with Gasteiger partial charge >= 0.3 is 0 Å². The lowest BCUT2D eigenvalue weighted by atomic mass is 9.80. The Morgan fingerprint density at radius 3 is 2.93 bits per heavy atom. The van der Waals surface area contributed by atoms with Gasteiger partial charge in [0.25, 0.3) is 0 Å². The van der Waals surface area contributed by atoms with Gasteiger partial charge in [0.2, 0.25) is 0 Å². The molecule has 15 heavy (non-hydrogen) atoms. The van der Waals surface area contributed by atoms with Gasteiger partial charge in [-0.2, -0.15) is 0 Å². The molecule has 2 atom stereocenters. The highest BCUT2D eigenvalue weighted by atomic mass is 16.3. The molecule has 0 heterocycles. The van der Waals surface area contributed by atoms with Gasteiger partial charge in [-0.05, 0) is 62.4 Å². The quantitative estimate of drug-likeness (QED) is 0.775. The molecule has 1 aromatic rings. The molecule has 0 saturated heterocycles. The fraction of sp³-hybridized carbons (Fsp3) is 0.538. The van der Waals surface area contributed by atoms with Crippen LogP contribution < -0.4 is 5.32 Å². The van der Waals surface area contributed by atoms with E-state index >= 15 is 0 Å². The lowest BCUT2D eigenvalue weighted by molar-refractivity contribution is 0.354. The lowest BCUT2D eigenvalue weighted by Gasteiger charge is -2.29. The number of phenolic OH excluding ortho intramolecular Hbond substituents is 1. The van der Waals surface area contributed by atoms with Gasteiger partial charge in [-0.1, -0.05) is 6.07 Å². The molecular weight excluding hydrogens is 186 g/mol. The first-order valence-electron chi connectivity index (χ1n) is 5.68. The SMILES string of the molecule is CNC(C)C1CCc2cc(O)ccc2C1. The second-order valence-corrected chi connectivity index (χ2v) is 4.53. The van der Waals surface area contributed by atoms with Gasteiger partial charge in [-0.3, -0.25) is 0 Å². The molecule has 0 aromatic heterocycles. The fourth-order valence-electron chi connectivity index (χ4n) is 2.43. The van der Waals surface area contributed by atoms with Crippen molar-refractivity contribution < 1.29 is 5.11 Å². The molecular formula is C13H19NO. The van der Waals surface area contributed by atoms with E-state index in [1.807, 2.05) is 13.1 Å². The summed E-state index contributed by atoms with van der Waals surface area (Å²) >= 11 is 0. The summed E-state index contributed by atoms with van der Waals surface area (Å²) in [6, 6.07) is 6.35. The van der Waals surface area contributed by atoms with Gasteiger partial charge in [0.05, 0.1) is 0 Å². The van der Waals surface area contributed by atoms with E-state index in [4.69, 9.17) is 0 Å². The minimum absolute atomic E-state index is 0.397. The van der Waals surface area contributed by atoms with Crippen LogP contribution in [0.5, 0.6) is 5.75 Å². The first-order chi connectivity index (χ1) is 7.20. The zero-order valence-corrected chi connectivity index (χ0v) is 9.46. The number of aryl methyl sites for hydroxylation is 1. The number of phenols is 1. The van der Waals surface area contributed by atoms with Crippen LogP contribution in [0.25, 0.3) is 0 Å². The van der Waals surface area contributed by atoms with Gasteiger partial charge in [0.1, 0.15) is 5.75 Å². The largest absolute Gasteiger partial charge is 0.508 e. The Kier molecular flexibility index (Phi) is 2.96. The number of benzene rings is 1. The summed E-state index contributed by atoms with van der Waals surface area (Å²) in [5, 5.41) is 12.7. The number of fused-ring (bicyclic) bond motifs is 1. The van der Waals surface area contributed by atoms with Crippen molar-refractivity contribution in [2.75, 3.05) is 7.05 Å². The van der Waals surface area contributed by atoms with Crippen LogP contribution in [0.15, 0.2) is 18.2 Å². The molecule has 0 amide bonds. The normalized spacial score (nSPS) is 22.1. The summed E-state index contributed by atoms with van der Waals surface area (Å²) in [5.74, 6) is 1.13. The van der Waals surface area contributed by atoms with E-state index in [1.165, 1.54) is 17.5 Å². The summed E-state index contributed by atoms with van der Waals surface area (Å²) in [7, 11) is 2.02. The van der Waals surface area contributed by atoms with Gasteiger partial charge < -0.3 is 10.4 Å². The van der Waals surface area contributed by atoms with E-state index < -0.39 is 0 Å². The monoisotopic (exact) mass is 205 g/mol. The van der Waals surface area contributed by atoms with Crippen LogP contribution in [-0.2, 0) is 12.8 Å². The molecule has 2 unspecified atom stereocenters. The number of rotatable bonds is 2. The first-order valence-corrected chi connectivity index (χ1v) is 5.68. The smallest absolute Gasteiger partial charge is 0.115 e.